The molecule has 0 radical (unpaired) electrons. The van der Waals surface area contributed by atoms with Gasteiger partial charge in [-0.1, -0.05) is 27.7 Å². The van der Waals surface area contributed by atoms with Gasteiger partial charge in [-0.3, -0.25) is 4.68 Å². The van der Waals surface area contributed by atoms with Gasteiger partial charge in [-0.05, 0) is 11.8 Å². The molecule has 1 aromatic rings. The minimum absolute atomic E-state index is 0.0492. The van der Waals surface area contributed by atoms with Crippen LogP contribution in [0, 0.1) is 11.8 Å². The zero-order chi connectivity index (χ0) is 14.5. The summed E-state index contributed by atoms with van der Waals surface area (Å²) in [5, 5.41) is 3.74. The summed E-state index contributed by atoms with van der Waals surface area (Å²) in [6, 6.07) is 0. The predicted octanol–water partition coefficient (Wildman–Crippen LogP) is 4.32. The largest absolute Gasteiger partial charge is 0.292 e. The number of hydrogen-bond donors (Lipinski definition) is 0. The first-order valence-corrected chi connectivity index (χ1v) is 6.44. The van der Waals surface area contributed by atoms with E-state index in [0.717, 1.165) is 4.68 Å². The van der Waals surface area contributed by atoms with E-state index in [-0.39, 0.29) is 23.7 Å². The molecule has 0 saturated heterocycles. The topological polar surface area (TPSA) is 17.8 Å². The molecule has 0 saturated carbocycles. The average Bonchev–Trinajstić information content (AvgIpc) is 2.72. The van der Waals surface area contributed by atoms with Gasteiger partial charge in [0.1, 0.15) is 11.4 Å². The van der Waals surface area contributed by atoms with Crippen LogP contribution >= 0.6 is 0 Å². The molecule has 0 amide bonds. The molecule has 1 aromatic heterocycles. The zero-order valence-corrected chi connectivity index (χ0v) is 11.4. The van der Waals surface area contributed by atoms with Crippen molar-refractivity contribution in [2.75, 3.05) is 0 Å². The van der Waals surface area contributed by atoms with Crippen LogP contribution in [0.5, 0.6) is 0 Å². The van der Waals surface area contributed by atoms with Crippen LogP contribution in [-0.4, -0.2) is 9.78 Å². The van der Waals surface area contributed by atoms with Crippen molar-refractivity contribution in [1.29, 1.82) is 0 Å². The van der Waals surface area contributed by atoms with Crippen molar-refractivity contribution in [1.82, 2.24) is 9.78 Å². The molecule has 108 valence electrons. The summed E-state index contributed by atoms with van der Waals surface area (Å²) in [7, 11) is 0. The van der Waals surface area contributed by atoms with Gasteiger partial charge in [-0.2, -0.15) is 13.9 Å². The summed E-state index contributed by atoms with van der Waals surface area (Å²) in [5.74, 6) is -4.60. The Balaban J connectivity index is 2.62. The monoisotopic (exact) mass is 278 g/mol. The van der Waals surface area contributed by atoms with Gasteiger partial charge < -0.3 is 0 Å². The van der Waals surface area contributed by atoms with Gasteiger partial charge in [-0.15, -0.1) is 0 Å². The lowest BCUT2D eigenvalue weighted by molar-refractivity contribution is -0.0593. The van der Waals surface area contributed by atoms with Crippen molar-refractivity contribution in [3.63, 3.8) is 0 Å². The highest BCUT2D eigenvalue weighted by molar-refractivity contribution is 5.40. The Morgan fingerprint density at radius 2 is 1.84 bits per heavy atom. The number of nitrogens with zero attached hydrogens (tertiary/aromatic N) is 2. The Labute approximate surface area is 109 Å². The summed E-state index contributed by atoms with van der Waals surface area (Å²) in [4.78, 5) is 0. The van der Waals surface area contributed by atoms with Crippen LogP contribution in [0.4, 0.5) is 17.6 Å². The van der Waals surface area contributed by atoms with Crippen LogP contribution in [0.1, 0.15) is 57.0 Å². The number of aromatic nitrogens is 2. The molecule has 0 unspecified atom stereocenters. The van der Waals surface area contributed by atoms with Gasteiger partial charge in [-0.25, -0.2) is 8.78 Å². The standard InChI is InChI=1S/C13H18F4N2/c1-6(2)5-19-11-9(10(18-19)12(14)15)7(3)8(4)13(11,16)17/h6-8,12H,5H2,1-4H3/t7-,8+/m0/s1. The van der Waals surface area contributed by atoms with Gasteiger partial charge in [0.05, 0.1) is 0 Å². The number of halogens is 4. The highest BCUT2D eigenvalue weighted by Gasteiger charge is 2.55. The maximum absolute atomic E-state index is 14.3. The second kappa shape index (κ2) is 4.49. The Kier molecular flexibility index (Phi) is 3.39. The van der Waals surface area contributed by atoms with Gasteiger partial charge in [0.25, 0.3) is 12.3 Å². The highest BCUT2D eigenvalue weighted by Crippen LogP contribution is 2.54. The van der Waals surface area contributed by atoms with Crippen LogP contribution < -0.4 is 0 Å². The van der Waals surface area contributed by atoms with Gasteiger partial charge in [0.15, 0.2) is 0 Å². The second-order valence-corrected chi connectivity index (χ2v) is 5.72. The van der Waals surface area contributed by atoms with Gasteiger partial charge in [0.2, 0.25) is 0 Å². The third-order valence-corrected chi connectivity index (χ3v) is 3.86. The number of rotatable bonds is 3. The van der Waals surface area contributed by atoms with E-state index >= 15 is 0 Å². The summed E-state index contributed by atoms with van der Waals surface area (Å²) >= 11 is 0. The van der Waals surface area contributed by atoms with E-state index in [1.165, 1.54) is 6.92 Å². The molecule has 6 heteroatoms. The van der Waals surface area contributed by atoms with E-state index in [1.807, 2.05) is 13.8 Å². The van der Waals surface area contributed by atoms with E-state index in [9.17, 15) is 17.6 Å². The van der Waals surface area contributed by atoms with Crippen LogP contribution in [0.3, 0.4) is 0 Å². The average molecular weight is 278 g/mol. The molecular formula is C13H18F4N2. The zero-order valence-electron chi connectivity index (χ0n) is 11.4. The Bertz CT molecular complexity index is 479. The summed E-state index contributed by atoms with van der Waals surface area (Å²) < 4.78 is 55.6. The van der Waals surface area contributed by atoms with Crippen LogP contribution in [0.2, 0.25) is 0 Å². The lowest BCUT2D eigenvalue weighted by Gasteiger charge is -2.20. The molecule has 0 spiro atoms. The third kappa shape index (κ3) is 2.05. The number of hydrogen-bond acceptors (Lipinski definition) is 1. The number of fused-ring (bicyclic) bond motifs is 1. The molecule has 0 N–H and O–H groups in total. The highest BCUT2D eigenvalue weighted by atomic mass is 19.3. The SMILES string of the molecule is CC(C)Cn1nc(C(F)F)c2c1C(F)(F)[C@H](C)[C@@H]2C. The van der Waals surface area contributed by atoms with Crippen LogP contribution in [-0.2, 0) is 12.5 Å². The Hall–Kier alpha value is -1.07. The van der Waals surface area contributed by atoms with Crippen molar-refractivity contribution >= 4 is 0 Å². The van der Waals surface area contributed by atoms with Crippen molar-refractivity contribution in [2.45, 2.75) is 52.5 Å². The molecule has 1 aliphatic rings. The summed E-state index contributed by atoms with van der Waals surface area (Å²) in [6.45, 7) is 6.88. The normalized spacial score (nSPS) is 25.4. The quantitative estimate of drug-likeness (QED) is 0.753. The van der Waals surface area contributed by atoms with Crippen LogP contribution in [0.15, 0.2) is 0 Å². The predicted molar refractivity (Wildman–Crippen MR) is 63.5 cm³/mol. The molecule has 19 heavy (non-hydrogen) atoms. The minimum atomic E-state index is -3.09. The van der Waals surface area contributed by atoms with Gasteiger partial charge in [0, 0.05) is 18.0 Å². The van der Waals surface area contributed by atoms with E-state index in [0.29, 0.717) is 0 Å². The first kappa shape index (κ1) is 14.3. The van der Waals surface area contributed by atoms with E-state index in [4.69, 9.17) is 0 Å². The van der Waals surface area contributed by atoms with Crippen molar-refractivity contribution in [3.8, 4) is 0 Å². The minimum Gasteiger partial charge on any atom is -0.262 e. The Morgan fingerprint density at radius 1 is 1.26 bits per heavy atom. The van der Waals surface area contributed by atoms with Gasteiger partial charge >= 0.3 is 0 Å². The third-order valence-electron chi connectivity index (χ3n) is 3.86. The molecule has 0 aromatic carbocycles. The molecule has 0 fully saturated rings. The lowest BCUT2D eigenvalue weighted by atomic mass is 9.94. The smallest absolute Gasteiger partial charge is 0.262 e. The van der Waals surface area contributed by atoms with Crippen molar-refractivity contribution in [2.24, 2.45) is 11.8 Å². The molecule has 2 rings (SSSR count). The van der Waals surface area contributed by atoms with Crippen molar-refractivity contribution < 1.29 is 17.6 Å². The fourth-order valence-corrected chi connectivity index (χ4v) is 2.71. The summed E-state index contributed by atoms with van der Waals surface area (Å²) in [5.41, 5.74) is -0.739. The van der Waals surface area contributed by atoms with Crippen LogP contribution in [0.25, 0.3) is 0 Å². The number of alkyl halides is 4. The van der Waals surface area contributed by atoms with Crippen molar-refractivity contribution in [3.05, 3.63) is 17.0 Å². The van der Waals surface area contributed by atoms with E-state index in [2.05, 4.69) is 5.10 Å². The molecule has 1 heterocycles. The first-order valence-electron chi connectivity index (χ1n) is 6.44. The second-order valence-electron chi connectivity index (χ2n) is 5.72. The molecule has 2 nitrogen and oxygen atoms in total. The molecule has 0 aliphatic heterocycles. The first-order chi connectivity index (χ1) is 8.67. The van der Waals surface area contributed by atoms with E-state index < -0.39 is 29.9 Å². The molecule has 2 atom stereocenters. The lowest BCUT2D eigenvalue weighted by Crippen LogP contribution is -2.24. The molecular weight excluding hydrogens is 260 g/mol. The Morgan fingerprint density at radius 3 is 2.32 bits per heavy atom. The maximum atomic E-state index is 14.3. The summed E-state index contributed by atoms with van der Waals surface area (Å²) in [6.07, 6.45) is -2.81. The fraction of sp³-hybridized carbons (Fsp3) is 0.769. The molecule has 1 aliphatic carbocycles. The fourth-order valence-electron chi connectivity index (χ4n) is 2.71. The molecule has 0 bridgehead atoms. The maximum Gasteiger partial charge on any atom is 0.292 e. The van der Waals surface area contributed by atoms with E-state index in [1.54, 1.807) is 6.92 Å².